The van der Waals surface area contributed by atoms with Crippen molar-refractivity contribution in [3.8, 4) is 0 Å². The van der Waals surface area contributed by atoms with Gasteiger partial charge in [0.2, 0.25) is 0 Å². The molecule has 0 radical (unpaired) electrons. The number of aromatic amines is 1. The van der Waals surface area contributed by atoms with E-state index in [4.69, 9.17) is 0 Å². The van der Waals surface area contributed by atoms with E-state index in [1.54, 1.807) is 23.3 Å². The van der Waals surface area contributed by atoms with E-state index in [1.807, 2.05) is 0 Å². The standard InChI is InChI=1S/C13H19N7O/c21-13(17-7-12-15-4-5-16-12)11-9-20(19-18-11)8-10-2-1-3-14-6-10/h4-5,9-10,14H,1-3,6-8H2,(H,15,16)(H,17,21)/t10-/m1/s1. The summed E-state index contributed by atoms with van der Waals surface area (Å²) in [6.07, 6.45) is 7.45. The Labute approximate surface area is 122 Å². The molecule has 1 aliphatic rings. The Balaban J connectivity index is 1.52. The molecular formula is C13H19N7O. The molecule has 0 bridgehead atoms. The first-order valence-electron chi connectivity index (χ1n) is 7.18. The third-order valence-corrected chi connectivity index (χ3v) is 3.59. The fourth-order valence-corrected chi connectivity index (χ4v) is 2.49. The number of rotatable bonds is 5. The number of aromatic nitrogens is 5. The Morgan fingerprint density at radius 1 is 1.52 bits per heavy atom. The van der Waals surface area contributed by atoms with Crippen molar-refractivity contribution >= 4 is 5.91 Å². The first-order valence-corrected chi connectivity index (χ1v) is 7.18. The lowest BCUT2D eigenvalue weighted by Crippen LogP contribution is -2.32. The Kier molecular flexibility index (Phi) is 4.25. The molecule has 2 aromatic heterocycles. The Morgan fingerprint density at radius 2 is 2.48 bits per heavy atom. The van der Waals surface area contributed by atoms with Gasteiger partial charge in [0.25, 0.3) is 5.91 Å². The third-order valence-electron chi connectivity index (χ3n) is 3.59. The largest absolute Gasteiger partial charge is 0.347 e. The first kappa shape index (κ1) is 13.7. The quantitative estimate of drug-likeness (QED) is 0.715. The maximum Gasteiger partial charge on any atom is 0.273 e. The molecule has 1 saturated heterocycles. The van der Waals surface area contributed by atoms with Gasteiger partial charge in [0, 0.05) is 18.9 Å². The van der Waals surface area contributed by atoms with Crippen LogP contribution in [-0.4, -0.2) is 44.0 Å². The summed E-state index contributed by atoms with van der Waals surface area (Å²) in [6.45, 7) is 3.24. The topological polar surface area (TPSA) is 101 Å². The van der Waals surface area contributed by atoms with Gasteiger partial charge >= 0.3 is 0 Å². The van der Waals surface area contributed by atoms with Crippen molar-refractivity contribution in [2.75, 3.05) is 13.1 Å². The highest BCUT2D eigenvalue weighted by atomic mass is 16.2. The van der Waals surface area contributed by atoms with Gasteiger partial charge in [0.05, 0.1) is 12.7 Å². The first-order chi connectivity index (χ1) is 10.3. The number of imidazole rings is 1. The van der Waals surface area contributed by atoms with Gasteiger partial charge in [-0.1, -0.05) is 5.21 Å². The van der Waals surface area contributed by atoms with Crippen LogP contribution in [0.2, 0.25) is 0 Å². The van der Waals surface area contributed by atoms with E-state index in [1.165, 1.54) is 12.8 Å². The summed E-state index contributed by atoms with van der Waals surface area (Å²) in [4.78, 5) is 18.9. The van der Waals surface area contributed by atoms with Gasteiger partial charge in [-0.25, -0.2) is 4.98 Å². The molecule has 112 valence electrons. The highest BCUT2D eigenvalue weighted by Crippen LogP contribution is 2.11. The molecule has 8 nitrogen and oxygen atoms in total. The molecule has 1 aliphatic heterocycles. The molecule has 3 rings (SSSR count). The maximum absolute atomic E-state index is 12.0. The van der Waals surface area contributed by atoms with E-state index in [9.17, 15) is 4.79 Å². The van der Waals surface area contributed by atoms with E-state index < -0.39 is 0 Å². The molecule has 0 unspecified atom stereocenters. The molecule has 0 aliphatic carbocycles. The van der Waals surface area contributed by atoms with Crippen LogP contribution in [0.15, 0.2) is 18.6 Å². The summed E-state index contributed by atoms with van der Waals surface area (Å²) in [5.74, 6) is 1.03. The van der Waals surface area contributed by atoms with Gasteiger partial charge in [-0.05, 0) is 31.8 Å². The molecule has 2 aromatic rings. The lowest BCUT2D eigenvalue weighted by Gasteiger charge is -2.22. The number of piperidine rings is 1. The number of hydrogen-bond donors (Lipinski definition) is 3. The van der Waals surface area contributed by atoms with Crippen LogP contribution >= 0.6 is 0 Å². The average Bonchev–Trinajstić information content (AvgIpc) is 3.17. The smallest absolute Gasteiger partial charge is 0.273 e. The van der Waals surface area contributed by atoms with Crippen LogP contribution in [0.25, 0.3) is 0 Å². The summed E-state index contributed by atoms with van der Waals surface area (Å²) in [6, 6.07) is 0. The van der Waals surface area contributed by atoms with Gasteiger partial charge in [0.15, 0.2) is 5.69 Å². The lowest BCUT2D eigenvalue weighted by atomic mass is 10.00. The highest BCUT2D eigenvalue weighted by Gasteiger charge is 2.16. The van der Waals surface area contributed by atoms with Crippen molar-refractivity contribution in [1.82, 2.24) is 35.6 Å². The molecule has 1 amide bonds. The Hall–Kier alpha value is -2.22. The van der Waals surface area contributed by atoms with Crippen LogP contribution in [-0.2, 0) is 13.1 Å². The van der Waals surface area contributed by atoms with Crippen LogP contribution in [0.5, 0.6) is 0 Å². The second-order valence-corrected chi connectivity index (χ2v) is 5.26. The van der Waals surface area contributed by atoms with E-state index in [0.717, 1.165) is 19.6 Å². The minimum atomic E-state index is -0.237. The highest BCUT2D eigenvalue weighted by molar-refractivity contribution is 5.91. The van der Waals surface area contributed by atoms with Crippen LogP contribution in [0.1, 0.15) is 29.2 Å². The van der Waals surface area contributed by atoms with Gasteiger partial charge in [-0.15, -0.1) is 5.10 Å². The fourth-order valence-electron chi connectivity index (χ4n) is 2.49. The van der Waals surface area contributed by atoms with E-state index in [-0.39, 0.29) is 5.91 Å². The summed E-state index contributed by atoms with van der Waals surface area (Å²) in [5, 5.41) is 14.1. The van der Waals surface area contributed by atoms with Crippen molar-refractivity contribution in [2.24, 2.45) is 5.92 Å². The summed E-state index contributed by atoms with van der Waals surface area (Å²) in [7, 11) is 0. The van der Waals surface area contributed by atoms with E-state index in [2.05, 4.69) is 30.9 Å². The molecule has 0 spiro atoms. The Morgan fingerprint density at radius 3 is 3.24 bits per heavy atom. The van der Waals surface area contributed by atoms with E-state index >= 15 is 0 Å². The number of hydrogen-bond acceptors (Lipinski definition) is 5. The second-order valence-electron chi connectivity index (χ2n) is 5.26. The SMILES string of the molecule is O=C(NCc1ncc[nH]1)c1cn(C[C@@H]2CCCNC2)nn1. The number of nitrogens with one attached hydrogen (secondary N) is 3. The summed E-state index contributed by atoms with van der Waals surface area (Å²) in [5.41, 5.74) is 0.338. The number of amides is 1. The molecule has 8 heteroatoms. The zero-order valence-electron chi connectivity index (χ0n) is 11.7. The summed E-state index contributed by atoms with van der Waals surface area (Å²) >= 11 is 0. The monoisotopic (exact) mass is 289 g/mol. The van der Waals surface area contributed by atoms with Crippen LogP contribution in [0.4, 0.5) is 0 Å². The molecule has 1 atom stereocenters. The number of H-pyrrole nitrogens is 1. The van der Waals surface area contributed by atoms with Crippen molar-refractivity contribution in [2.45, 2.75) is 25.9 Å². The van der Waals surface area contributed by atoms with Gasteiger partial charge in [-0.2, -0.15) is 0 Å². The predicted octanol–water partition coefficient (Wildman–Crippen LogP) is -0.0692. The van der Waals surface area contributed by atoms with Crippen LogP contribution < -0.4 is 10.6 Å². The second kappa shape index (κ2) is 6.49. The molecule has 0 aromatic carbocycles. The average molecular weight is 289 g/mol. The van der Waals surface area contributed by atoms with Gasteiger partial charge in [0.1, 0.15) is 5.82 Å². The molecule has 3 heterocycles. The molecule has 0 saturated carbocycles. The van der Waals surface area contributed by atoms with Crippen LogP contribution in [0.3, 0.4) is 0 Å². The molecule has 3 N–H and O–H groups in total. The zero-order chi connectivity index (χ0) is 14.5. The summed E-state index contributed by atoms with van der Waals surface area (Å²) < 4.78 is 1.75. The van der Waals surface area contributed by atoms with Crippen molar-refractivity contribution < 1.29 is 4.79 Å². The van der Waals surface area contributed by atoms with Crippen LogP contribution in [0, 0.1) is 5.92 Å². The van der Waals surface area contributed by atoms with Crippen molar-refractivity contribution in [1.29, 1.82) is 0 Å². The zero-order valence-corrected chi connectivity index (χ0v) is 11.7. The minimum Gasteiger partial charge on any atom is -0.347 e. The predicted molar refractivity (Wildman–Crippen MR) is 75.4 cm³/mol. The molecule has 1 fully saturated rings. The van der Waals surface area contributed by atoms with Gasteiger partial charge in [-0.3, -0.25) is 9.48 Å². The number of nitrogens with zero attached hydrogens (tertiary/aromatic N) is 4. The van der Waals surface area contributed by atoms with E-state index in [0.29, 0.717) is 24.0 Å². The van der Waals surface area contributed by atoms with Gasteiger partial charge < -0.3 is 15.6 Å². The fraction of sp³-hybridized carbons (Fsp3) is 0.538. The molecular weight excluding hydrogens is 270 g/mol. The lowest BCUT2D eigenvalue weighted by molar-refractivity contribution is 0.0945. The molecule has 21 heavy (non-hydrogen) atoms. The number of carbonyl (C=O) groups is 1. The third kappa shape index (κ3) is 3.66. The van der Waals surface area contributed by atoms with Crippen molar-refractivity contribution in [3.63, 3.8) is 0 Å². The number of carbonyl (C=O) groups excluding carboxylic acids is 1. The Bertz CT molecular complexity index is 571. The maximum atomic E-state index is 12.0. The van der Waals surface area contributed by atoms with Crippen molar-refractivity contribution in [3.05, 3.63) is 30.1 Å². The minimum absolute atomic E-state index is 0.237. The normalized spacial score (nSPS) is 18.6.